The fraction of sp³-hybridized carbons (Fsp3) is 0.538. The van der Waals surface area contributed by atoms with Crippen LogP contribution in [0.2, 0.25) is 0 Å². The molecule has 0 amide bonds. The summed E-state index contributed by atoms with van der Waals surface area (Å²) in [7, 11) is 0. The molecule has 0 radical (unpaired) electrons. The first-order chi connectivity index (χ1) is 7.83. The van der Waals surface area contributed by atoms with E-state index in [9.17, 15) is 0 Å². The summed E-state index contributed by atoms with van der Waals surface area (Å²) < 4.78 is 7.83. The lowest BCUT2D eigenvalue weighted by Crippen LogP contribution is -2.11. The summed E-state index contributed by atoms with van der Waals surface area (Å²) in [5.74, 6) is 0.888. The topological polar surface area (TPSA) is 9.23 Å². The van der Waals surface area contributed by atoms with E-state index in [4.69, 9.17) is 4.74 Å². The van der Waals surface area contributed by atoms with Crippen LogP contribution >= 0.6 is 47.8 Å². The van der Waals surface area contributed by atoms with Gasteiger partial charge in [-0.3, -0.25) is 0 Å². The highest BCUT2D eigenvalue weighted by Crippen LogP contribution is 2.35. The molecule has 0 aromatic heterocycles. The summed E-state index contributed by atoms with van der Waals surface area (Å²) in [5.41, 5.74) is 1.52. The van der Waals surface area contributed by atoms with Crippen molar-refractivity contribution in [2.45, 2.75) is 32.5 Å². The predicted octanol–water partition coefficient (Wildman–Crippen LogP) is 5.92. The standard InChI is InChI=1S/C13H17Br3O/c1-13(2,3)4-5-17-12-10(15)6-9(8-14)7-11(12)16/h6-7H,4-5,8H2,1-3H3. The van der Waals surface area contributed by atoms with Crippen molar-refractivity contribution in [2.24, 2.45) is 5.41 Å². The van der Waals surface area contributed by atoms with Gasteiger partial charge in [-0.1, -0.05) is 36.7 Å². The first-order valence-corrected chi connectivity index (χ1v) is 8.21. The number of hydrogen-bond donors (Lipinski definition) is 0. The smallest absolute Gasteiger partial charge is 0.147 e. The van der Waals surface area contributed by atoms with Crippen LogP contribution in [0.5, 0.6) is 5.75 Å². The highest BCUT2D eigenvalue weighted by Gasteiger charge is 2.13. The Hall–Kier alpha value is 0.460. The molecular weight excluding hydrogens is 412 g/mol. The van der Waals surface area contributed by atoms with Crippen molar-refractivity contribution in [1.29, 1.82) is 0 Å². The Morgan fingerprint density at radius 1 is 1.12 bits per heavy atom. The number of ether oxygens (including phenoxy) is 1. The minimum absolute atomic E-state index is 0.300. The van der Waals surface area contributed by atoms with Gasteiger partial charge in [0.1, 0.15) is 5.75 Å². The highest BCUT2D eigenvalue weighted by molar-refractivity contribution is 9.11. The van der Waals surface area contributed by atoms with Gasteiger partial charge in [-0.2, -0.15) is 0 Å². The number of rotatable bonds is 4. The maximum absolute atomic E-state index is 5.83. The molecule has 0 spiro atoms. The third kappa shape index (κ3) is 5.31. The van der Waals surface area contributed by atoms with E-state index < -0.39 is 0 Å². The fourth-order valence-corrected chi connectivity index (χ4v) is 3.12. The summed E-state index contributed by atoms with van der Waals surface area (Å²) in [6, 6.07) is 4.15. The second-order valence-electron chi connectivity index (χ2n) is 5.18. The molecule has 0 N–H and O–H groups in total. The second-order valence-corrected chi connectivity index (χ2v) is 7.45. The van der Waals surface area contributed by atoms with Crippen LogP contribution in [0, 0.1) is 5.41 Å². The van der Waals surface area contributed by atoms with Crippen LogP contribution in [0.25, 0.3) is 0 Å². The Labute approximate surface area is 129 Å². The van der Waals surface area contributed by atoms with Crippen molar-refractivity contribution in [1.82, 2.24) is 0 Å². The van der Waals surface area contributed by atoms with Gasteiger partial charge < -0.3 is 4.74 Å². The summed E-state index contributed by atoms with van der Waals surface area (Å²) in [6.45, 7) is 7.38. The minimum Gasteiger partial charge on any atom is -0.491 e. The highest BCUT2D eigenvalue weighted by atomic mass is 79.9. The maximum Gasteiger partial charge on any atom is 0.147 e. The van der Waals surface area contributed by atoms with Gasteiger partial charge in [-0.25, -0.2) is 0 Å². The number of benzene rings is 1. The monoisotopic (exact) mass is 426 g/mol. The van der Waals surface area contributed by atoms with Crippen molar-refractivity contribution in [2.75, 3.05) is 6.61 Å². The Balaban J connectivity index is 2.72. The van der Waals surface area contributed by atoms with Crippen LogP contribution in [-0.4, -0.2) is 6.61 Å². The predicted molar refractivity (Wildman–Crippen MR) is 84.0 cm³/mol. The first kappa shape index (κ1) is 15.5. The van der Waals surface area contributed by atoms with Crippen molar-refractivity contribution in [3.05, 3.63) is 26.6 Å². The van der Waals surface area contributed by atoms with Crippen molar-refractivity contribution >= 4 is 47.8 Å². The van der Waals surface area contributed by atoms with Crippen molar-refractivity contribution in [3.63, 3.8) is 0 Å². The van der Waals surface area contributed by atoms with Gasteiger partial charge in [0.2, 0.25) is 0 Å². The molecule has 1 aromatic carbocycles. The molecule has 0 unspecified atom stereocenters. The van der Waals surface area contributed by atoms with Crippen molar-refractivity contribution < 1.29 is 4.74 Å². The molecule has 0 aliphatic carbocycles. The van der Waals surface area contributed by atoms with E-state index in [1.165, 1.54) is 5.56 Å². The molecule has 0 aliphatic heterocycles. The molecule has 1 rings (SSSR count). The van der Waals surface area contributed by atoms with Crippen LogP contribution in [0.3, 0.4) is 0 Å². The van der Waals surface area contributed by atoms with Gasteiger partial charge in [-0.15, -0.1) is 0 Å². The first-order valence-electron chi connectivity index (χ1n) is 5.50. The van der Waals surface area contributed by atoms with Crippen LogP contribution in [-0.2, 0) is 5.33 Å². The summed E-state index contributed by atoms with van der Waals surface area (Å²) in [5, 5.41) is 0.840. The molecule has 0 heterocycles. The van der Waals surface area contributed by atoms with E-state index >= 15 is 0 Å². The quantitative estimate of drug-likeness (QED) is 0.541. The van der Waals surface area contributed by atoms with E-state index in [0.717, 1.165) is 33.1 Å². The Kier molecular flexibility index (Phi) is 6.00. The van der Waals surface area contributed by atoms with E-state index in [-0.39, 0.29) is 0 Å². The van der Waals surface area contributed by atoms with Crippen LogP contribution in [0.1, 0.15) is 32.8 Å². The van der Waals surface area contributed by atoms with Gasteiger partial charge in [0, 0.05) is 5.33 Å². The lowest BCUT2D eigenvalue weighted by atomic mass is 9.93. The van der Waals surface area contributed by atoms with Gasteiger partial charge in [0.25, 0.3) is 0 Å². The maximum atomic E-state index is 5.83. The lowest BCUT2D eigenvalue weighted by Gasteiger charge is -2.19. The molecule has 1 nitrogen and oxygen atoms in total. The average molecular weight is 429 g/mol. The summed E-state index contributed by atoms with van der Waals surface area (Å²) >= 11 is 10.5. The molecule has 17 heavy (non-hydrogen) atoms. The SMILES string of the molecule is CC(C)(C)CCOc1c(Br)cc(CBr)cc1Br. The Morgan fingerprint density at radius 2 is 1.65 bits per heavy atom. The van der Waals surface area contributed by atoms with Gasteiger partial charge in [0.05, 0.1) is 15.6 Å². The van der Waals surface area contributed by atoms with Gasteiger partial charge in [0.15, 0.2) is 0 Å². The third-order valence-electron chi connectivity index (χ3n) is 2.31. The fourth-order valence-electron chi connectivity index (χ4n) is 1.29. The molecule has 1 aromatic rings. The molecular formula is C13H17Br3O. The lowest BCUT2D eigenvalue weighted by molar-refractivity contribution is 0.241. The molecule has 0 saturated carbocycles. The van der Waals surface area contributed by atoms with Gasteiger partial charge in [-0.05, 0) is 61.4 Å². The molecule has 0 atom stereocenters. The van der Waals surface area contributed by atoms with Crippen LogP contribution in [0.4, 0.5) is 0 Å². The summed E-state index contributed by atoms with van der Waals surface area (Å²) in [4.78, 5) is 0. The largest absolute Gasteiger partial charge is 0.491 e. The zero-order valence-corrected chi connectivity index (χ0v) is 15.1. The number of halogens is 3. The third-order valence-corrected chi connectivity index (χ3v) is 4.14. The van der Waals surface area contributed by atoms with Crippen LogP contribution < -0.4 is 4.74 Å². The van der Waals surface area contributed by atoms with E-state index in [1.807, 2.05) is 0 Å². The normalized spacial score (nSPS) is 11.6. The van der Waals surface area contributed by atoms with E-state index in [0.29, 0.717) is 5.41 Å². The van der Waals surface area contributed by atoms with Crippen LogP contribution in [0.15, 0.2) is 21.1 Å². The average Bonchev–Trinajstić information content (AvgIpc) is 2.20. The molecule has 4 heteroatoms. The Morgan fingerprint density at radius 3 is 2.06 bits per heavy atom. The van der Waals surface area contributed by atoms with E-state index in [1.54, 1.807) is 0 Å². The summed E-state index contributed by atoms with van der Waals surface area (Å²) in [6.07, 6.45) is 1.03. The molecule has 0 aliphatic rings. The second kappa shape index (κ2) is 6.58. The molecule has 0 saturated heterocycles. The number of hydrogen-bond acceptors (Lipinski definition) is 1. The molecule has 0 fully saturated rings. The zero-order chi connectivity index (χ0) is 13.1. The molecule has 96 valence electrons. The van der Waals surface area contributed by atoms with E-state index in [2.05, 4.69) is 80.7 Å². The zero-order valence-electron chi connectivity index (χ0n) is 10.3. The minimum atomic E-state index is 0.300. The number of alkyl halides is 1. The Bertz CT molecular complexity index is 360. The van der Waals surface area contributed by atoms with Gasteiger partial charge >= 0.3 is 0 Å². The molecule has 0 bridgehead atoms. The van der Waals surface area contributed by atoms with Crippen molar-refractivity contribution in [3.8, 4) is 5.75 Å².